The smallest absolute Gasteiger partial charge is 0.255 e. The molecule has 1 fully saturated rings. The molecule has 1 amide bonds. The second-order valence-corrected chi connectivity index (χ2v) is 5.53. The fourth-order valence-corrected chi connectivity index (χ4v) is 2.81. The van der Waals surface area contributed by atoms with E-state index in [4.69, 9.17) is 0 Å². The van der Waals surface area contributed by atoms with Crippen LogP contribution in [0, 0.1) is 5.82 Å². The maximum Gasteiger partial charge on any atom is 0.255 e. The van der Waals surface area contributed by atoms with Crippen molar-refractivity contribution in [1.29, 1.82) is 0 Å². The molecule has 1 aliphatic heterocycles. The zero-order valence-electron chi connectivity index (χ0n) is 11.0. The normalized spacial score (nSPS) is 18.6. The fraction of sp³-hybridized carbons (Fsp3) is 0.500. The number of hydrogen-bond donors (Lipinski definition) is 1. The van der Waals surface area contributed by atoms with Gasteiger partial charge >= 0.3 is 0 Å². The number of likely N-dealkylation sites (N-methyl/N-ethyl adjacent to an activating group) is 1. The van der Waals surface area contributed by atoms with Gasteiger partial charge in [0.05, 0.1) is 10.0 Å². The van der Waals surface area contributed by atoms with Crippen LogP contribution < -0.4 is 5.32 Å². The van der Waals surface area contributed by atoms with Crippen molar-refractivity contribution >= 4 is 21.8 Å². The first-order chi connectivity index (χ1) is 9.13. The lowest BCUT2D eigenvalue weighted by atomic mass is 10.1. The average Bonchev–Trinajstić information content (AvgIpc) is 2.91. The largest absolute Gasteiger partial charge is 0.337 e. The van der Waals surface area contributed by atoms with Gasteiger partial charge in [0, 0.05) is 19.1 Å². The van der Waals surface area contributed by atoms with Crippen molar-refractivity contribution in [3.05, 3.63) is 34.1 Å². The third kappa shape index (κ3) is 3.34. The van der Waals surface area contributed by atoms with Gasteiger partial charge in [0.25, 0.3) is 5.91 Å². The van der Waals surface area contributed by atoms with E-state index in [1.54, 1.807) is 17.0 Å². The Labute approximate surface area is 121 Å². The van der Waals surface area contributed by atoms with Crippen LogP contribution in [0.1, 0.15) is 30.1 Å². The molecule has 19 heavy (non-hydrogen) atoms. The summed E-state index contributed by atoms with van der Waals surface area (Å²) >= 11 is 3.15. The summed E-state index contributed by atoms with van der Waals surface area (Å²) in [5, 5.41) is 3.37. The van der Waals surface area contributed by atoms with E-state index in [0.717, 1.165) is 19.4 Å². The number of nitrogens with zero attached hydrogens (tertiary/aromatic N) is 1. The summed E-state index contributed by atoms with van der Waals surface area (Å²) in [4.78, 5) is 14.2. The van der Waals surface area contributed by atoms with Gasteiger partial charge in [-0.15, -0.1) is 0 Å². The summed E-state index contributed by atoms with van der Waals surface area (Å²) in [5.41, 5.74) is 0.389. The van der Waals surface area contributed by atoms with Crippen molar-refractivity contribution in [3.8, 4) is 0 Å². The first-order valence-corrected chi connectivity index (χ1v) is 7.39. The van der Waals surface area contributed by atoms with Crippen LogP contribution in [0.25, 0.3) is 0 Å². The van der Waals surface area contributed by atoms with E-state index in [9.17, 15) is 9.18 Å². The Kier molecular flexibility index (Phi) is 4.93. The fourth-order valence-electron chi connectivity index (χ4n) is 2.37. The van der Waals surface area contributed by atoms with Gasteiger partial charge in [-0.3, -0.25) is 4.79 Å². The minimum absolute atomic E-state index is 0.123. The van der Waals surface area contributed by atoms with Gasteiger partial charge in [-0.05, 0) is 54.4 Å². The molecule has 1 saturated heterocycles. The van der Waals surface area contributed by atoms with Gasteiger partial charge in [-0.1, -0.05) is 6.07 Å². The Balaban J connectivity index is 2.13. The predicted molar refractivity (Wildman–Crippen MR) is 76.7 cm³/mol. The highest BCUT2D eigenvalue weighted by molar-refractivity contribution is 9.10. The molecule has 1 atom stereocenters. The van der Waals surface area contributed by atoms with Gasteiger partial charge in [-0.2, -0.15) is 0 Å². The Morgan fingerprint density at radius 1 is 1.58 bits per heavy atom. The van der Waals surface area contributed by atoms with Gasteiger partial charge < -0.3 is 10.2 Å². The minimum atomic E-state index is -0.402. The van der Waals surface area contributed by atoms with Crippen LogP contribution in [0.3, 0.4) is 0 Å². The highest BCUT2D eigenvalue weighted by Crippen LogP contribution is 2.22. The number of rotatable bonds is 4. The molecule has 0 radical (unpaired) electrons. The zero-order chi connectivity index (χ0) is 13.8. The zero-order valence-corrected chi connectivity index (χ0v) is 12.5. The monoisotopic (exact) mass is 328 g/mol. The second-order valence-electron chi connectivity index (χ2n) is 4.74. The van der Waals surface area contributed by atoms with Crippen LogP contribution in [0.5, 0.6) is 0 Å². The predicted octanol–water partition coefficient (Wildman–Crippen LogP) is 2.80. The topological polar surface area (TPSA) is 32.3 Å². The van der Waals surface area contributed by atoms with Crippen LogP contribution in [0.15, 0.2) is 22.7 Å². The van der Waals surface area contributed by atoms with Crippen LogP contribution in [0.2, 0.25) is 0 Å². The van der Waals surface area contributed by atoms with Crippen molar-refractivity contribution in [2.24, 2.45) is 0 Å². The summed E-state index contributed by atoms with van der Waals surface area (Å²) in [6.07, 6.45) is 2.24. The molecule has 2 rings (SSSR count). The maximum atomic E-state index is 13.5. The molecule has 1 aliphatic rings. The molecule has 0 aliphatic carbocycles. The van der Waals surface area contributed by atoms with Crippen LogP contribution >= 0.6 is 15.9 Å². The molecule has 0 spiro atoms. The van der Waals surface area contributed by atoms with Gasteiger partial charge in [-0.25, -0.2) is 4.39 Å². The summed E-state index contributed by atoms with van der Waals surface area (Å²) in [6.45, 7) is 4.26. The van der Waals surface area contributed by atoms with Crippen LogP contribution in [-0.4, -0.2) is 36.5 Å². The Morgan fingerprint density at radius 2 is 2.37 bits per heavy atom. The molecule has 1 unspecified atom stereocenters. The van der Waals surface area contributed by atoms with E-state index in [1.165, 1.54) is 6.07 Å². The van der Waals surface area contributed by atoms with Crippen molar-refractivity contribution < 1.29 is 9.18 Å². The van der Waals surface area contributed by atoms with Crippen molar-refractivity contribution in [2.75, 3.05) is 19.6 Å². The molecular weight excluding hydrogens is 311 g/mol. The van der Waals surface area contributed by atoms with Crippen molar-refractivity contribution in [2.45, 2.75) is 25.8 Å². The number of halogens is 2. The van der Waals surface area contributed by atoms with E-state index in [1.807, 2.05) is 6.92 Å². The van der Waals surface area contributed by atoms with Gasteiger partial charge in [0.2, 0.25) is 0 Å². The molecule has 0 saturated carbocycles. The molecule has 0 bridgehead atoms. The quantitative estimate of drug-likeness (QED) is 0.921. The van der Waals surface area contributed by atoms with Crippen molar-refractivity contribution in [3.63, 3.8) is 0 Å². The molecular formula is C14H18BrFN2O. The number of carbonyl (C=O) groups excluding carboxylic acids is 1. The number of nitrogens with one attached hydrogen (secondary N) is 1. The Morgan fingerprint density at radius 3 is 3.00 bits per heavy atom. The molecule has 3 nitrogen and oxygen atoms in total. The second kappa shape index (κ2) is 6.48. The highest BCUT2D eigenvalue weighted by atomic mass is 79.9. The van der Waals surface area contributed by atoms with Gasteiger partial charge in [0.15, 0.2) is 0 Å². The van der Waals surface area contributed by atoms with E-state index in [-0.39, 0.29) is 10.4 Å². The third-order valence-corrected chi connectivity index (χ3v) is 4.26. The first kappa shape index (κ1) is 14.5. The molecule has 1 N–H and O–H groups in total. The van der Waals surface area contributed by atoms with Crippen LogP contribution in [0.4, 0.5) is 4.39 Å². The van der Waals surface area contributed by atoms with Crippen LogP contribution in [-0.2, 0) is 0 Å². The van der Waals surface area contributed by atoms with E-state index < -0.39 is 5.82 Å². The molecule has 1 aromatic carbocycles. The lowest BCUT2D eigenvalue weighted by molar-refractivity contribution is 0.0749. The number of carbonyl (C=O) groups is 1. The van der Waals surface area contributed by atoms with Gasteiger partial charge in [0.1, 0.15) is 5.82 Å². The van der Waals surface area contributed by atoms with E-state index >= 15 is 0 Å². The standard InChI is InChI=1S/C14H18BrFN2O/c1-2-18(9-10-5-4-8-17-10)14(19)11-6-3-7-12(16)13(11)15/h3,6-7,10,17H,2,4-5,8-9H2,1H3. The Bertz CT molecular complexity index is 461. The molecule has 0 aromatic heterocycles. The molecule has 1 aromatic rings. The summed E-state index contributed by atoms with van der Waals surface area (Å²) < 4.78 is 13.7. The van der Waals surface area contributed by atoms with E-state index in [2.05, 4.69) is 21.2 Å². The third-order valence-electron chi connectivity index (χ3n) is 3.45. The van der Waals surface area contributed by atoms with E-state index in [0.29, 0.717) is 24.7 Å². The Hall–Kier alpha value is -0.940. The maximum absolute atomic E-state index is 13.5. The first-order valence-electron chi connectivity index (χ1n) is 6.60. The minimum Gasteiger partial charge on any atom is -0.337 e. The highest BCUT2D eigenvalue weighted by Gasteiger charge is 2.23. The lowest BCUT2D eigenvalue weighted by Gasteiger charge is -2.25. The number of amides is 1. The average molecular weight is 329 g/mol. The lowest BCUT2D eigenvalue weighted by Crippen LogP contribution is -2.41. The number of hydrogen-bond acceptors (Lipinski definition) is 2. The SMILES string of the molecule is CCN(CC1CCCN1)C(=O)c1cccc(F)c1Br. The number of benzene rings is 1. The molecule has 1 heterocycles. The molecule has 5 heteroatoms. The summed E-state index contributed by atoms with van der Waals surface area (Å²) in [6, 6.07) is 4.92. The van der Waals surface area contributed by atoms with Crippen molar-refractivity contribution in [1.82, 2.24) is 10.2 Å². The molecule has 104 valence electrons. The summed E-state index contributed by atoms with van der Waals surface area (Å²) in [5.74, 6) is -0.525. The summed E-state index contributed by atoms with van der Waals surface area (Å²) in [7, 11) is 0.